The second-order valence-electron chi connectivity index (χ2n) is 5.97. The van der Waals surface area contributed by atoms with Gasteiger partial charge in [-0.25, -0.2) is 4.39 Å². The van der Waals surface area contributed by atoms with Gasteiger partial charge in [0.2, 0.25) is 0 Å². The molecule has 0 aliphatic rings. The van der Waals surface area contributed by atoms with Gasteiger partial charge in [-0.15, -0.1) is 0 Å². The Bertz CT molecular complexity index is 413. The third kappa shape index (κ3) is 3.65. The van der Waals surface area contributed by atoms with Crippen molar-refractivity contribution in [1.29, 1.82) is 0 Å². The van der Waals surface area contributed by atoms with Crippen LogP contribution in [0.4, 0.5) is 4.39 Å². The maximum Gasteiger partial charge on any atom is 0.166 e. The van der Waals surface area contributed by atoms with E-state index < -0.39 is 5.82 Å². The molecule has 1 rings (SSSR count). The average Bonchev–Trinajstić information content (AvgIpc) is 2.14. The average molecular weight is 236 g/mol. The molecule has 0 saturated heterocycles. The van der Waals surface area contributed by atoms with Crippen molar-refractivity contribution in [3.05, 3.63) is 35.1 Å². The standard InChI is InChI=1S/C15H21FO/c1-10(2)8-14(17)12-7-6-11(9-13(12)16)15(3,4)5/h6-7,9-10H,8H2,1-5H3. The molecule has 2 heteroatoms. The lowest BCUT2D eigenvalue weighted by Crippen LogP contribution is -2.13. The van der Waals surface area contributed by atoms with Gasteiger partial charge in [0.05, 0.1) is 5.56 Å². The predicted molar refractivity (Wildman–Crippen MR) is 68.9 cm³/mol. The molecule has 1 aromatic carbocycles. The number of halogens is 1. The first-order chi connectivity index (χ1) is 7.71. The van der Waals surface area contributed by atoms with E-state index in [2.05, 4.69) is 0 Å². The Balaban J connectivity index is 3.02. The summed E-state index contributed by atoms with van der Waals surface area (Å²) >= 11 is 0. The van der Waals surface area contributed by atoms with Gasteiger partial charge in [-0.3, -0.25) is 4.79 Å². The summed E-state index contributed by atoms with van der Waals surface area (Å²) < 4.78 is 13.9. The molecule has 0 aliphatic heterocycles. The molecule has 0 fully saturated rings. The highest BCUT2D eigenvalue weighted by molar-refractivity contribution is 5.96. The lowest BCUT2D eigenvalue weighted by atomic mass is 9.86. The fourth-order valence-electron chi connectivity index (χ4n) is 1.69. The summed E-state index contributed by atoms with van der Waals surface area (Å²) in [6, 6.07) is 4.94. The number of carbonyl (C=O) groups is 1. The van der Waals surface area contributed by atoms with Gasteiger partial charge >= 0.3 is 0 Å². The van der Waals surface area contributed by atoms with Crippen molar-refractivity contribution in [1.82, 2.24) is 0 Å². The van der Waals surface area contributed by atoms with Gasteiger partial charge in [-0.1, -0.05) is 40.7 Å². The molecule has 94 valence electrons. The van der Waals surface area contributed by atoms with E-state index in [0.29, 0.717) is 6.42 Å². The largest absolute Gasteiger partial charge is 0.294 e. The molecular weight excluding hydrogens is 215 g/mol. The molecule has 0 bridgehead atoms. The minimum absolute atomic E-state index is 0.0968. The monoisotopic (exact) mass is 236 g/mol. The van der Waals surface area contributed by atoms with Gasteiger partial charge < -0.3 is 0 Å². The van der Waals surface area contributed by atoms with Gasteiger partial charge in [-0.05, 0) is 29.0 Å². The summed E-state index contributed by atoms with van der Waals surface area (Å²) in [6.45, 7) is 9.99. The van der Waals surface area contributed by atoms with E-state index in [1.807, 2.05) is 40.7 Å². The quantitative estimate of drug-likeness (QED) is 0.713. The molecule has 1 nitrogen and oxygen atoms in total. The Morgan fingerprint density at radius 1 is 1.29 bits per heavy atom. The van der Waals surface area contributed by atoms with Gasteiger partial charge in [0.25, 0.3) is 0 Å². The Morgan fingerprint density at radius 2 is 1.88 bits per heavy atom. The van der Waals surface area contributed by atoms with E-state index in [9.17, 15) is 9.18 Å². The third-order valence-electron chi connectivity index (χ3n) is 2.73. The first-order valence-electron chi connectivity index (χ1n) is 6.05. The molecule has 0 saturated carbocycles. The Kier molecular flexibility index (Phi) is 4.07. The van der Waals surface area contributed by atoms with Crippen LogP contribution in [0.5, 0.6) is 0 Å². The minimum Gasteiger partial charge on any atom is -0.294 e. The fourth-order valence-corrected chi connectivity index (χ4v) is 1.69. The third-order valence-corrected chi connectivity index (χ3v) is 2.73. The second-order valence-corrected chi connectivity index (χ2v) is 5.97. The topological polar surface area (TPSA) is 17.1 Å². The van der Waals surface area contributed by atoms with E-state index in [1.165, 1.54) is 6.07 Å². The van der Waals surface area contributed by atoms with Crippen molar-refractivity contribution in [3.8, 4) is 0 Å². The summed E-state index contributed by atoms with van der Waals surface area (Å²) in [6.07, 6.45) is 0.395. The fraction of sp³-hybridized carbons (Fsp3) is 0.533. The van der Waals surface area contributed by atoms with Crippen LogP contribution in [0.1, 0.15) is 57.0 Å². The van der Waals surface area contributed by atoms with Crippen LogP contribution in [-0.2, 0) is 5.41 Å². The van der Waals surface area contributed by atoms with Crippen molar-refractivity contribution in [2.24, 2.45) is 5.92 Å². The predicted octanol–water partition coefficient (Wildman–Crippen LogP) is 4.35. The maximum atomic E-state index is 13.9. The van der Waals surface area contributed by atoms with E-state index in [1.54, 1.807) is 6.07 Å². The molecule has 0 aromatic heterocycles. The number of hydrogen-bond donors (Lipinski definition) is 0. The van der Waals surface area contributed by atoms with Gasteiger partial charge in [0.15, 0.2) is 5.78 Å². The summed E-state index contributed by atoms with van der Waals surface area (Å²) in [5, 5.41) is 0. The van der Waals surface area contributed by atoms with E-state index >= 15 is 0 Å². The van der Waals surface area contributed by atoms with Crippen LogP contribution >= 0.6 is 0 Å². The number of carbonyl (C=O) groups excluding carboxylic acids is 1. The van der Waals surface area contributed by atoms with Crippen molar-refractivity contribution < 1.29 is 9.18 Å². The van der Waals surface area contributed by atoms with Gasteiger partial charge in [-0.2, -0.15) is 0 Å². The Morgan fingerprint density at radius 3 is 2.29 bits per heavy atom. The smallest absolute Gasteiger partial charge is 0.166 e. The van der Waals surface area contributed by atoms with Crippen molar-refractivity contribution in [3.63, 3.8) is 0 Å². The van der Waals surface area contributed by atoms with Crippen molar-refractivity contribution in [2.45, 2.75) is 46.5 Å². The maximum absolute atomic E-state index is 13.9. The molecule has 0 spiro atoms. The lowest BCUT2D eigenvalue weighted by molar-refractivity contribution is 0.0964. The summed E-state index contributed by atoms with van der Waals surface area (Å²) in [5.41, 5.74) is 1.03. The summed E-state index contributed by atoms with van der Waals surface area (Å²) in [7, 11) is 0. The Hall–Kier alpha value is -1.18. The van der Waals surface area contributed by atoms with Crippen LogP contribution in [0.15, 0.2) is 18.2 Å². The number of rotatable bonds is 3. The zero-order valence-corrected chi connectivity index (χ0v) is 11.3. The van der Waals surface area contributed by atoms with Crippen LogP contribution in [-0.4, -0.2) is 5.78 Å². The molecule has 17 heavy (non-hydrogen) atoms. The summed E-state index contributed by atoms with van der Waals surface area (Å²) in [5.74, 6) is -0.259. The molecule has 0 radical (unpaired) electrons. The highest BCUT2D eigenvalue weighted by Crippen LogP contribution is 2.24. The zero-order chi connectivity index (χ0) is 13.2. The first kappa shape index (κ1) is 13.9. The van der Waals surface area contributed by atoms with Crippen molar-refractivity contribution in [2.75, 3.05) is 0 Å². The van der Waals surface area contributed by atoms with Gasteiger partial charge in [0, 0.05) is 6.42 Å². The lowest BCUT2D eigenvalue weighted by Gasteiger charge is -2.19. The molecule has 0 heterocycles. The second kappa shape index (κ2) is 4.99. The zero-order valence-electron chi connectivity index (χ0n) is 11.3. The molecule has 1 aromatic rings. The highest BCUT2D eigenvalue weighted by Gasteiger charge is 2.18. The number of Topliss-reactive ketones (excluding diaryl/α,β-unsaturated/α-hetero) is 1. The Labute approximate surface area is 103 Å². The normalized spacial score (nSPS) is 11.9. The minimum atomic E-state index is -0.400. The van der Waals surface area contributed by atoms with Crippen LogP contribution in [0.2, 0.25) is 0 Å². The number of ketones is 1. The van der Waals surface area contributed by atoms with E-state index in [-0.39, 0.29) is 22.7 Å². The molecule has 0 atom stereocenters. The molecule has 0 unspecified atom stereocenters. The molecule has 0 N–H and O–H groups in total. The van der Waals surface area contributed by atoms with Gasteiger partial charge in [0.1, 0.15) is 5.82 Å². The highest BCUT2D eigenvalue weighted by atomic mass is 19.1. The van der Waals surface area contributed by atoms with Crippen LogP contribution < -0.4 is 0 Å². The van der Waals surface area contributed by atoms with E-state index in [4.69, 9.17) is 0 Å². The number of hydrogen-bond acceptors (Lipinski definition) is 1. The summed E-state index contributed by atoms with van der Waals surface area (Å²) in [4.78, 5) is 11.8. The van der Waals surface area contributed by atoms with Crippen LogP contribution in [0.25, 0.3) is 0 Å². The number of benzene rings is 1. The van der Waals surface area contributed by atoms with E-state index in [0.717, 1.165) is 5.56 Å². The van der Waals surface area contributed by atoms with Crippen LogP contribution in [0.3, 0.4) is 0 Å². The van der Waals surface area contributed by atoms with Crippen molar-refractivity contribution >= 4 is 5.78 Å². The SMILES string of the molecule is CC(C)CC(=O)c1ccc(C(C)(C)C)cc1F. The first-order valence-corrected chi connectivity index (χ1v) is 6.05. The van der Waals surface area contributed by atoms with Crippen LogP contribution in [0, 0.1) is 11.7 Å². The molecule has 0 amide bonds. The molecule has 0 aliphatic carbocycles. The molecular formula is C15H21FO.